The van der Waals surface area contributed by atoms with Crippen LogP contribution in [0, 0.1) is 17.1 Å². The van der Waals surface area contributed by atoms with Crippen LogP contribution in [0.4, 0.5) is 28.9 Å². The van der Waals surface area contributed by atoms with E-state index in [1.165, 1.54) is 24.4 Å². The molecule has 168 valence electrons. The number of rotatable bonds is 6. The van der Waals surface area contributed by atoms with Gasteiger partial charge in [-0.25, -0.2) is 4.39 Å². The number of fused-ring (bicyclic) bond motifs is 1. The highest BCUT2D eigenvalue weighted by molar-refractivity contribution is 6.35. The smallest absolute Gasteiger partial charge is 0.375 e. The molecule has 0 aliphatic heterocycles. The van der Waals surface area contributed by atoms with E-state index < -0.39 is 24.6 Å². The molecule has 4 aromatic rings. The molecule has 0 spiro atoms. The molecule has 0 saturated carbocycles. The molecule has 4 rings (SSSR count). The Morgan fingerprint density at radius 1 is 1.15 bits per heavy atom. The molecule has 2 aromatic carbocycles. The number of aromatic amines is 1. The van der Waals surface area contributed by atoms with Crippen molar-refractivity contribution in [3.05, 3.63) is 76.5 Å². The Labute approximate surface area is 189 Å². The summed E-state index contributed by atoms with van der Waals surface area (Å²) in [5.74, 6) is -0.415. The van der Waals surface area contributed by atoms with E-state index in [1.54, 1.807) is 18.2 Å². The van der Waals surface area contributed by atoms with Crippen molar-refractivity contribution in [3.8, 4) is 6.07 Å². The van der Waals surface area contributed by atoms with Gasteiger partial charge in [0.25, 0.3) is 0 Å². The SMILES string of the molecule is N#Cc1cnc2c(Cl)cc(N[C@@H](c3ccc(F)cc3)c3cn[nH]n3)cc2c1NCC(F)(F)F. The van der Waals surface area contributed by atoms with E-state index in [0.29, 0.717) is 16.9 Å². The number of hydrogen-bond acceptors (Lipinski definition) is 6. The molecule has 2 aromatic heterocycles. The van der Waals surface area contributed by atoms with Crippen LogP contribution in [0.2, 0.25) is 5.02 Å². The number of nitrogens with zero attached hydrogens (tertiary/aromatic N) is 4. The summed E-state index contributed by atoms with van der Waals surface area (Å²) in [4.78, 5) is 4.12. The topological polar surface area (TPSA) is 102 Å². The van der Waals surface area contributed by atoms with Crippen LogP contribution in [0.5, 0.6) is 0 Å². The van der Waals surface area contributed by atoms with E-state index in [-0.39, 0.29) is 27.2 Å². The minimum absolute atomic E-state index is 0.0369. The second-order valence-corrected chi connectivity index (χ2v) is 7.41. The lowest BCUT2D eigenvalue weighted by Gasteiger charge is -2.20. The van der Waals surface area contributed by atoms with Crippen LogP contribution in [0.25, 0.3) is 10.9 Å². The molecule has 0 aliphatic carbocycles. The van der Waals surface area contributed by atoms with E-state index in [2.05, 4.69) is 31.0 Å². The normalized spacial score (nSPS) is 12.4. The minimum atomic E-state index is -4.50. The molecule has 0 fully saturated rings. The predicted octanol–water partition coefficient (Wildman–Crippen LogP) is 5.19. The van der Waals surface area contributed by atoms with Crippen LogP contribution < -0.4 is 10.6 Å². The van der Waals surface area contributed by atoms with Crippen LogP contribution in [0.1, 0.15) is 22.9 Å². The van der Waals surface area contributed by atoms with Gasteiger partial charge in [-0.2, -0.15) is 33.8 Å². The Bertz CT molecular complexity index is 1320. The van der Waals surface area contributed by atoms with Crippen LogP contribution in [0.15, 0.2) is 48.8 Å². The Kier molecular flexibility index (Phi) is 6.02. The third kappa shape index (κ3) is 4.96. The molecule has 0 amide bonds. The van der Waals surface area contributed by atoms with Gasteiger partial charge in [0.15, 0.2) is 0 Å². The number of hydrogen-bond donors (Lipinski definition) is 3. The van der Waals surface area contributed by atoms with Gasteiger partial charge in [-0.05, 0) is 29.8 Å². The van der Waals surface area contributed by atoms with Gasteiger partial charge in [0.1, 0.15) is 24.1 Å². The number of nitrogens with one attached hydrogen (secondary N) is 3. The molecule has 0 bridgehead atoms. The highest BCUT2D eigenvalue weighted by atomic mass is 35.5. The van der Waals surface area contributed by atoms with Crippen molar-refractivity contribution in [2.75, 3.05) is 17.2 Å². The Morgan fingerprint density at radius 2 is 1.91 bits per heavy atom. The first-order valence-corrected chi connectivity index (χ1v) is 9.83. The fourth-order valence-corrected chi connectivity index (χ4v) is 3.57. The molecule has 0 radical (unpaired) electrons. The molecule has 12 heteroatoms. The lowest BCUT2D eigenvalue weighted by Crippen LogP contribution is -2.22. The summed E-state index contributed by atoms with van der Waals surface area (Å²) >= 11 is 6.38. The third-order valence-corrected chi connectivity index (χ3v) is 5.04. The molecule has 7 nitrogen and oxygen atoms in total. The molecule has 0 aliphatic rings. The summed E-state index contributed by atoms with van der Waals surface area (Å²) in [5, 5.41) is 25.6. The van der Waals surface area contributed by atoms with Gasteiger partial charge in [0.05, 0.1) is 34.0 Å². The number of benzene rings is 2. The summed E-state index contributed by atoms with van der Waals surface area (Å²) in [6.07, 6.45) is -1.85. The van der Waals surface area contributed by atoms with Crippen molar-refractivity contribution < 1.29 is 17.6 Å². The van der Waals surface area contributed by atoms with E-state index >= 15 is 0 Å². The highest BCUT2D eigenvalue weighted by Gasteiger charge is 2.28. The number of pyridine rings is 1. The van der Waals surface area contributed by atoms with Crippen molar-refractivity contribution in [2.24, 2.45) is 0 Å². The molecule has 0 unspecified atom stereocenters. The van der Waals surface area contributed by atoms with Crippen LogP contribution in [-0.2, 0) is 0 Å². The fourth-order valence-electron chi connectivity index (χ4n) is 3.31. The van der Waals surface area contributed by atoms with Crippen molar-refractivity contribution in [1.82, 2.24) is 20.4 Å². The standard InChI is InChI=1S/C21H14ClF4N7/c22-16-6-14(31-19(17-9-30-33-32-17)11-1-3-13(23)4-2-11)5-15-18(29-10-21(24,25)26)12(7-27)8-28-20(15)16/h1-6,8-9,19,31H,10H2,(H,28,29)(H,30,32,33)/t19-/m0/s1. The third-order valence-electron chi connectivity index (χ3n) is 4.75. The zero-order valence-corrected chi connectivity index (χ0v) is 17.3. The average Bonchev–Trinajstić information content (AvgIpc) is 3.30. The van der Waals surface area contributed by atoms with E-state index in [1.807, 2.05) is 6.07 Å². The van der Waals surface area contributed by atoms with E-state index in [4.69, 9.17) is 11.6 Å². The number of aromatic nitrogens is 4. The summed E-state index contributed by atoms with van der Waals surface area (Å²) in [7, 11) is 0. The molecule has 2 heterocycles. The lowest BCUT2D eigenvalue weighted by molar-refractivity contribution is -0.115. The molecule has 33 heavy (non-hydrogen) atoms. The molecular weight excluding hydrogens is 462 g/mol. The van der Waals surface area contributed by atoms with Crippen LogP contribution in [0.3, 0.4) is 0 Å². The minimum Gasteiger partial charge on any atom is -0.375 e. The lowest BCUT2D eigenvalue weighted by atomic mass is 10.0. The Morgan fingerprint density at radius 3 is 2.55 bits per heavy atom. The van der Waals surface area contributed by atoms with Crippen molar-refractivity contribution in [2.45, 2.75) is 12.2 Å². The second kappa shape index (κ2) is 8.91. The van der Waals surface area contributed by atoms with Gasteiger partial charge in [-0.3, -0.25) is 4.98 Å². The first-order chi connectivity index (χ1) is 15.7. The number of alkyl halides is 3. The number of nitriles is 1. The maximum atomic E-state index is 13.4. The molecule has 0 saturated heterocycles. The van der Waals surface area contributed by atoms with Gasteiger partial charge in [-0.1, -0.05) is 23.7 Å². The van der Waals surface area contributed by atoms with Gasteiger partial charge in [0, 0.05) is 17.3 Å². The summed E-state index contributed by atoms with van der Waals surface area (Å²) in [6.45, 7) is -1.34. The van der Waals surface area contributed by atoms with Crippen molar-refractivity contribution in [1.29, 1.82) is 5.26 Å². The summed E-state index contributed by atoms with van der Waals surface area (Å²) in [5.41, 5.74) is 1.68. The number of halogens is 5. The maximum absolute atomic E-state index is 13.4. The van der Waals surface area contributed by atoms with Gasteiger partial charge in [-0.15, -0.1) is 0 Å². The highest BCUT2D eigenvalue weighted by Crippen LogP contribution is 2.35. The molecular formula is C21H14ClF4N7. The van der Waals surface area contributed by atoms with Crippen molar-refractivity contribution in [3.63, 3.8) is 0 Å². The molecule has 3 N–H and O–H groups in total. The second-order valence-electron chi connectivity index (χ2n) is 7.01. The van der Waals surface area contributed by atoms with E-state index in [9.17, 15) is 22.8 Å². The predicted molar refractivity (Wildman–Crippen MR) is 114 cm³/mol. The van der Waals surface area contributed by atoms with Crippen molar-refractivity contribution >= 4 is 33.9 Å². The van der Waals surface area contributed by atoms with Crippen LogP contribution >= 0.6 is 11.6 Å². The zero-order valence-electron chi connectivity index (χ0n) is 16.6. The van der Waals surface area contributed by atoms with Gasteiger partial charge < -0.3 is 10.6 Å². The summed E-state index contributed by atoms with van der Waals surface area (Å²) in [6, 6.07) is 10.1. The average molecular weight is 476 g/mol. The maximum Gasteiger partial charge on any atom is 0.405 e. The molecule has 1 atom stereocenters. The monoisotopic (exact) mass is 475 g/mol. The van der Waals surface area contributed by atoms with Crippen LogP contribution in [-0.4, -0.2) is 33.1 Å². The zero-order chi connectivity index (χ0) is 23.6. The van der Waals surface area contributed by atoms with Gasteiger partial charge in [0.2, 0.25) is 0 Å². The first-order valence-electron chi connectivity index (χ1n) is 9.46. The fraction of sp³-hybridized carbons (Fsp3) is 0.143. The number of H-pyrrole nitrogens is 1. The van der Waals surface area contributed by atoms with E-state index in [0.717, 1.165) is 6.20 Å². The Hall–Kier alpha value is -3.91. The Balaban J connectivity index is 1.79. The number of anilines is 2. The quantitative estimate of drug-likeness (QED) is 0.332. The summed E-state index contributed by atoms with van der Waals surface area (Å²) < 4.78 is 51.9. The van der Waals surface area contributed by atoms with Gasteiger partial charge >= 0.3 is 6.18 Å². The largest absolute Gasteiger partial charge is 0.405 e. The first kappa shape index (κ1) is 22.3.